The second kappa shape index (κ2) is 10.2. The highest BCUT2D eigenvalue weighted by molar-refractivity contribution is 7.89. The van der Waals surface area contributed by atoms with E-state index in [4.69, 9.17) is 5.73 Å². The van der Waals surface area contributed by atoms with Gasteiger partial charge < -0.3 is 11.1 Å². The summed E-state index contributed by atoms with van der Waals surface area (Å²) in [4.78, 5) is 23.7. The molecule has 0 heterocycles. The van der Waals surface area contributed by atoms with Gasteiger partial charge in [-0.3, -0.25) is 9.59 Å². The number of halogens is 1. The molecule has 166 valence electrons. The van der Waals surface area contributed by atoms with Crippen LogP contribution in [0.25, 0.3) is 0 Å². The fraction of sp³-hybridized carbons (Fsp3) is 0.130. The Morgan fingerprint density at radius 2 is 1.56 bits per heavy atom. The van der Waals surface area contributed by atoms with E-state index in [0.29, 0.717) is 5.56 Å². The highest BCUT2D eigenvalue weighted by Gasteiger charge is 2.27. The smallest absolute Gasteiger partial charge is 0.248 e. The summed E-state index contributed by atoms with van der Waals surface area (Å²) in [5.41, 5.74) is 6.90. The van der Waals surface area contributed by atoms with Gasteiger partial charge in [0.15, 0.2) is 0 Å². The molecule has 1 unspecified atom stereocenters. The highest BCUT2D eigenvalue weighted by Crippen LogP contribution is 2.15. The quantitative estimate of drug-likeness (QED) is 0.458. The number of carbonyl (C=O) groups is 2. The van der Waals surface area contributed by atoms with Crippen LogP contribution >= 0.6 is 0 Å². The highest BCUT2D eigenvalue weighted by atomic mass is 32.2. The Bertz CT molecular complexity index is 1220. The molecule has 3 aromatic carbocycles. The zero-order valence-corrected chi connectivity index (χ0v) is 17.8. The Balaban J connectivity index is 1.80. The second-order valence-corrected chi connectivity index (χ2v) is 8.76. The molecule has 0 spiro atoms. The fourth-order valence-electron chi connectivity index (χ4n) is 3.10. The minimum absolute atomic E-state index is 0.0483. The average molecular weight is 456 g/mol. The van der Waals surface area contributed by atoms with Crippen LogP contribution in [-0.2, 0) is 27.8 Å². The van der Waals surface area contributed by atoms with Crippen molar-refractivity contribution >= 4 is 21.8 Å². The summed E-state index contributed by atoms with van der Waals surface area (Å²) in [6, 6.07) is 19.0. The topological polar surface area (TPSA) is 118 Å². The predicted molar refractivity (Wildman–Crippen MR) is 117 cm³/mol. The zero-order chi connectivity index (χ0) is 23.1. The van der Waals surface area contributed by atoms with Crippen LogP contribution in [0.4, 0.5) is 4.39 Å². The molecule has 9 heteroatoms. The standard InChI is InChI=1S/C23H22FN3O4S/c24-19-11-4-5-12-21(19)32(30,31)27-20(14-16-7-2-1-3-8-16)23(29)26-15-17-9-6-10-18(13-17)22(25)28/h1-13,20,27H,14-15H2,(H2,25,28)(H,26,29). The Labute approximate surface area is 185 Å². The first-order valence-electron chi connectivity index (χ1n) is 9.73. The number of nitrogens with two attached hydrogens (primary N) is 1. The molecule has 2 amide bonds. The molecule has 0 aliphatic carbocycles. The Morgan fingerprint density at radius 3 is 2.25 bits per heavy atom. The molecule has 32 heavy (non-hydrogen) atoms. The van der Waals surface area contributed by atoms with Crippen molar-refractivity contribution in [3.63, 3.8) is 0 Å². The third kappa shape index (κ3) is 5.99. The summed E-state index contributed by atoms with van der Waals surface area (Å²) >= 11 is 0. The number of amides is 2. The minimum atomic E-state index is -4.30. The van der Waals surface area contributed by atoms with Gasteiger partial charge in [0.1, 0.15) is 16.8 Å². The lowest BCUT2D eigenvalue weighted by atomic mass is 10.1. The molecule has 0 radical (unpaired) electrons. The SMILES string of the molecule is NC(=O)c1cccc(CNC(=O)C(Cc2ccccc2)NS(=O)(=O)c2ccccc2F)c1. The maximum absolute atomic E-state index is 14.1. The number of primary amides is 1. The van der Waals surface area contributed by atoms with E-state index in [9.17, 15) is 22.4 Å². The number of rotatable bonds is 9. The maximum atomic E-state index is 14.1. The van der Waals surface area contributed by atoms with E-state index in [2.05, 4.69) is 10.0 Å². The monoisotopic (exact) mass is 455 g/mol. The zero-order valence-electron chi connectivity index (χ0n) is 17.0. The molecule has 0 bridgehead atoms. The van der Waals surface area contributed by atoms with Crippen LogP contribution in [0, 0.1) is 5.82 Å². The van der Waals surface area contributed by atoms with Gasteiger partial charge in [-0.15, -0.1) is 0 Å². The molecule has 0 saturated heterocycles. The van der Waals surface area contributed by atoms with Crippen molar-refractivity contribution in [3.05, 3.63) is 101 Å². The number of benzene rings is 3. The minimum Gasteiger partial charge on any atom is -0.366 e. The van der Waals surface area contributed by atoms with Gasteiger partial charge in [0.2, 0.25) is 21.8 Å². The molecular weight excluding hydrogens is 433 g/mol. The molecule has 0 aliphatic rings. The summed E-state index contributed by atoms with van der Waals surface area (Å²) in [5, 5.41) is 2.66. The van der Waals surface area contributed by atoms with Gasteiger partial charge >= 0.3 is 0 Å². The number of hydrogen-bond donors (Lipinski definition) is 3. The van der Waals surface area contributed by atoms with Crippen molar-refractivity contribution in [1.82, 2.24) is 10.0 Å². The first kappa shape index (κ1) is 23.1. The van der Waals surface area contributed by atoms with E-state index >= 15 is 0 Å². The number of carbonyl (C=O) groups excluding carboxylic acids is 2. The van der Waals surface area contributed by atoms with E-state index in [1.807, 2.05) is 0 Å². The van der Waals surface area contributed by atoms with Gasteiger partial charge in [0.05, 0.1) is 0 Å². The Kier molecular flexibility index (Phi) is 7.34. The molecule has 7 nitrogen and oxygen atoms in total. The van der Waals surface area contributed by atoms with Gasteiger partial charge in [-0.25, -0.2) is 12.8 Å². The van der Waals surface area contributed by atoms with E-state index < -0.39 is 38.6 Å². The van der Waals surface area contributed by atoms with E-state index in [0.717, 1.165) is 17.7 Å². The van der Waals surface area contributed by atoms with Crippen molar-refractivity contribution < 1.29 is 22.4 Å². The number of nitrogens with one attached hydrogen (secondary N) is 2. The summed E-state index contributed by atoms with van der Waals surface area (Å²) in [7, 11) is -4.30. The van der Waals surface area contributed by atoms with Crippen molar-refractivity contribution in [2.45, 2.75) is 23.9 Å². The van der Waals surface area contributed by atoms with Gasteiger partial charge in [-0.05, 0) is 41.8 Å². The third-order valence-corrected chi connectivity index (χ3v) is 6.21. The fourth-order valence-corrected chi connectivity index (χ4v) is 4.37. The summed E-state index contributed by atoms with van der Waals surface area (Å²) in [5.74, 6) is -2.11. The van der Waals surface area contributed by atoms with Crippen molar-refractivity contribution in [3.8, 4) is 0 Å². The van der Waals surface area contributed by atoms with Crippen LogP contribution in [0.3, 0.4) is 0 Å². The molecule has 0 fully saturated rings. The maximum Gasteiger partial charge on any atom is 0.248 e. The van der Waals surface area contributed by atoms with Gasteiger partial charge in [0, 0.05) is 12.1 Å². The molecule has 0 aromatic heterocycles. The third-order valence-electron chi connectivity index (χ3n) is 4.70. The van der Waals surface area contributed by atoms with Crippen LogP contribution in [0.15, 0.2) is 83.8 Å². The number of sulfonamides is 1. The average Bonchev–Trinajstić information content (AvgIpc) is 2.78. The van der Waals surface area contributed by atoms with Crippen LogP contribution in [0.2, 0.25) is 0 Å². The van der Waals surface area contributed by atoms with Gasteiger partial charge in [-0.2, -0.15) is 4.72 Å². The summed E-state index contributed by atoms with van der Waals surface area (Å²) in [6.07, 6.45) is 0.0572. The molecule has 1 atom stereocenters. The lowest BCUT2D eigenvalue weighted by Crippen LogP contribution is -2.47. The van der Waals surface area contributed by atoms with E-state index in [1.54, 1.807) is 54.6 Å². The van der Waals surface area contributed by atoms with E-state index in [1.165, 1.54) is 12.1 Å². The van der Waals surface area contributed by atoms with Gasteiger partial charge in [0.25, 0.3) is 0 Å². The Hall–Kier alpha value is -3.56. The molecule has 0 saturated carbocycles. The van der Waals surface area contributed by atoms with E-state index in [-0.39, 0.29) is 18.5 Å². The molecular formula is C23H22FN3O4S. The molecule has 3 aromatic rings. The largest absolute Gasteiger partial charge is 0.366 e. The first-order valence-corrected chi connectivity index (χ1v) is 11.2. The molecule has 4 N–H and O–H groups in total. The lowest BCUT2D eigenvalue weighted by molar-refractivity contribution is -0.122. The lowest BCUT2D eigenvalue weighted by Gasteiger charge is -2.19. The normalized spacial score (nSPS) is 12.2. The summed E-state index contributed by atoms with van der Waals surface area (Å²) < 4.78 is 41.9. The molecule has 3 rings (SSSR count). The Morgan fingerprint density at radius 1 is 0.906 bits per heavy atom. The van der Waals surface area contributed by atoms with Crippen LogP contribution in [0.5, 0.6) is 0 Å². The van der Waals surface area contributed by atoms with Gasteiger partial charge in [-0.1, -0.05) is 54.6 Å². The van der Waals surface area contributed by atoms with Crippen molar-refractivity contribution in [1.29, 1.82) is 0 Å². The van der Waals surface area contributed by atoms with Crippen LogP contribution < -0.4 is 15.8 Å². The summed E-state index contributed by atoms with van der Waals surface area (Å²) in [6.45, 7) is 0.0483. The number of hydrogen-bond acceptors (Lipinski definition) is 4. The molecule has 0 aliphatic heterocycles. The first-order chi connectivity index (χ1) is 15.3. The van der Waals surface area contributed by atoms with Crippen molar-refractivity contribution in [2.75, 3.05) is 0 Å². The predicted octanol–water partition coefficient (Wildman–Crippen LogP) is 2.13. The second-order valence-electron chi connectivity index (χ2n) is 7.08. The van der Waals surface area contributed by atoms with Crippen LogP contribution in [-0.4, -0.2) is 26.3 Å². The van der Waals surface area contributed by atoms with Crippen LogP contribution in [0.1, 0.15) is 21.5 Å². The van der Waals surface area contributed by atoms with Crippen molar-refractivity contribution in [2.24, 2.45) is 5.73 Å².